The summed E-state index contributed by atoms with van der Waals surface area (Å²) in [5, 5.41) is 8.78. The summed E-state index contributed by atoms with van der Waals surface area (Å²) in [5.41, 5.74) is 0.207. The predicted octanol–water partition coefficient (Wildman–Crippen LogP) is 7.35. The molecule has 1 aromatic rings. The second-order valence-corrected chi connectivity index (χ2v) is 8.88. The number of nitriles is 1. The van der Waals surface area contributed by atoms with E-state index in [1.807, 2.05) is 0 Å². The topological polar surface area (TPSA) is 23.8 Å². The normalized spacial score (nSPS) is 28.4. The fourth-order valence-corrected chi connectivity index (χ4v) is 5.33. The van der Waals surface area contributed by atoms with Crippen LogP contribution in [0, 0.1) is 46.6 Å². The molecule has 0 atom stereocenters. The monoisotopic (exact) mass is 385 g/mol. The van der Waals surface area contributed by atoms with E-state index in [0.717, 1.165) is 30.6 Å². The standard InChI is InChI=1S/C25H33F2N/c1-2-3-4-18-7-11-21(12-8-18)22-13-9-19(10-14-22)5-6-20-15-24(26)23(17-28)25(27)16-20/h3-4,15-16,18-19,21-22H,2,5-14H2,1H3/b4-3+. The lowest BCUT2D eigenvalue weighted by Gasteiger charge is -2.37. The van der Waals surface area contributed by atoms with Gasteiger partial charge in [0, 0.05) is 0 Å². The molecule has 2 aliphatic rings. The van der Waals surface area contributed by atoms with E-state index in [2.05, 4.69) is 19.1 Å². The molecule has 0 saturated heterocycles. The molecule has 0 amide bonds. The Bertz CT molecular complexity index is 679. The first kappa shape index (κ1) is 21.0. The summed E-state index contributed by atoms with van der Waals surface area (Å²) in [5.74, 6) is 1.81. The minimum Gasteiger partial charge on any atom is -0.205 e. The highest BCUT2D eigenvalue weighted by atomic mass is 19.1. The van der Waals surface area contributed by atoms with Crippen LogP contribution in [0.25, 0.3) is 0 Å². The van der Waals surface area contributed by atoms with E-state index in [1.165, 1.54) is 63.5 Å². The zero-order valence-electron chi connectivity index (χ0n) is 17.1. The van der Waals surface area contributed by atoms with E-state index in [1.54, 1.807) is 6.07 Å². The van der Waals surface area contributed by atoms with Crippen molar-refractivity contribution in [2.24, 2.45) is 23.7 Å². The predicted molar refractivity (Wildman–Crippen MR) is 110 cm³/mol. The second kappa shape index (κ2) is 10.2. The van der Waals surface area contributed by atoms with Gasteiger partial charge in [-0.15, -0.1) is 0 Å². The van der Waals surface area contributed by atoms with E-state index in [-0.39, 0.29) is 0 Å². The van der Waals surface area contributed by atoms with Gasteiger partial charge in [0.05, 0.1) is 0 Å². The van der Waals surface area contributed by atoms with Crippen LogP contribution in [0.5, 0.6) is 0 Å². The smallest absolute Gasteiger partial charge is 0.144 e. The van der Waals surface area contributed by atoms with Crippen LogP contribution in [0.15, 0.2) is 24.3 Å². The van der Waals surface area contributed by atoms with Crippen LogP contribution in [0.3, 0.4) is 0 Å². The first-order valence-corrected chi connectivity index (χ1v) is 11.1. The second-order valence-electron chi connectivity index (χ2n) is 8.88. The maximum atomic E-state index is 13.8. The molecule has 152 valence electrons. The van der Waals surface area contributed by atoms with E-state index < -0.39 is 17.2 Å². The van der Waals surface area contributed by atoms with Crippen LogP contribution in [-0.2, 0) is 6.42 Å². The largest absolute Gasteiger partial charge is 0.205 e. The Labute approximate surface area is 168 Å². The molecular formula is C25H33F2N. The molecule has 1 nitrogen and oxygen atoms in total. The van der Waals surface area contributed by atoms with Crippen molar-refractivity contribution in [3.8, 4) is 6.07 Å². The summed E-state index contributed by atoms with van der Waals surface area (Å²) in [6, 6.07) is 4.26. The van der Waals surface area contributed by atoms with E-state index in [9.17, 15) is 8.78 Å². The number of rotatable bonds is 6. The minimum absolute atomic E-state index is 0.468. The molecule has 0 radical (unpaired) electrons. The van der Waals surface area contributed by atoms with Crippen LogP contribution in [-0.4, -0.2) is 0 Å². The molecule has 0 aliphatic heterocycles. The zero-order valence-corrected chi connectivity index (χ0v) is 17.1. The third-order valence-electron chi connectivity index (χ3n) is 7.07. The Morgan fingerprint density at radius 2 is 1.54 bits per heavy atom. The van der Waals surface area contributed by atoms with Gasteiger partial charge in [-0.05, 0) is 99.2 Å². The van der Waals surface area contributed by atoms with Gasteiger partial charge in [-0.2, -0.15) is 5.26 Å². The highest BCUT2D eigenvalue weighted by molar-refractivity contribution is 5.35. The fourth-order valence-electron chi connectivity index (χ4n) is 5.33. The van der Waals surface area contributed by atoms with Crippen LogP contribution >= 0.6 is 0 Å². The van der Waals surface area contributed by atoms with Gasteiger partial charge in [-0.3, -0.25) is 0 Å². The van der Waals surface area contributed by atoms with E-state index in [4.69, 9.17) is 5.26 Å². The Morgan fingerprint density at radius 1 is 0.964 bits per heavy atom. The number of aryl methyl sites for hydroxylation is 1. The van der Waals surface area contributed by atoms with Crippen LogP contribution < -0.4 is 0 Å². The summed E-state index contributed by atoms with van der Waals surface area (Å²) in [6.45, 7) is 2.20. The maximum absolute atomic E-state index is 13.8. The lowest BCUT2D eigenvalue weighted by Crippen LogP contribution is -2.25. The van der Waals surface area contributed by atoms with Crippen LogP contribution in [0.4, 0.5) is 8.78 Å². The molecule has 2 aliphatic carbocycles. The molecular weight excluding hydrogens is 352 g/mol. The molecule has 3 heteroatoms. The van der Waals surface area contributed by atoms with Gasteiger partial charge >= 0.3 is 0 Å². The maximum Gasteiger partial charge on any atom is 0.144 e. The quantitative estimate of drug-likeness (QED) is 0.470. The lowest BCUT2D eigenvalue weighted by molar-refractivity contribution is 0.152. The van der Waals surface area contributed by atoms with Crippen molar-refractivity contribution >= 4 is 0 Å². The summed E-state index contributed by atoms with van der Waals surface area (Å²) >= 11 is 0. The highest BCUT2D eigenvalue weighted by Crippen LogP contribution is 2.42. The summed E-state index contributed by atoms with van der Waals surface area (Å²) in [6.07, 6.45) is 18.2. The van der Waals surface area contributed by atoms with Gasteiger partial charge in [0.1, 0.15) is 23.3 Å². The molecule has 1 aromatic carbocycles. The number of halogens is 2. The van der Waals surface area contributed by atoms with Gasteiger partial charge in [-0.25, -0.2) is 8.78 Å². The van der Waals surface area contributed by atoms with Crippen LogP contribution in [0.1, 0.15) is 82.3 Å². The number of benzene rings is 1. The summed E-state index contributed by atoms with van der Waals surface area (Å²) < 4.78 is 27.5. The highest BCUT2D eigenvalue weighted by Gasteiger charge is 2.30. The lowest BCUT2D eigenvalue weighted by atomic mass is 9.68. The molecule has 2 saturated carbocycles. The van der Waals surface area contributed by atoms with Gasteiger partial charge in [0.15, 0.2) is 0 Å². The van der Waals surface area contributed by atoms with Gasteiger partial charge in [0.25, 0.3) is 0 Å². The van der Waals surface area contributed by atoms with E-state index >= 15 is 0 Å². The average molecular weight is 386 g/mol. The molecule has 0 spiro atoms. The third-order valence-corrected chi connectivity index (χ3v) is 7.07. The van der Waals surface area contributed by atoms with Crippen molar-refractivity contribution in [3.05, 3.63) is 47.0 Å². The third kappa shape index (κ3) is 5.43. The Kier molecular flexibility index (Phi) is 7.65. The van der Waals surface area contributed by atoms with Gasteiger partial charge in [0.2, 0.25) is 0 Å². The first-order valence-electron chi connectivity index (χ1n) is 11.1. The van der Waals surface area contributed by atoms with Gasteiger partial charge < -0.3 is 0 Å². The minimum atomic E-state index is -0.731. The molecule has 28 heavy (non-hydrogen) atoms. The molecule has 0 heterocycles. The Hall–Kier alpha value is -1.69. The molecule has 0 bridgehead atoms. The molecule has 0 aromatic heterocycles. The van der Waals surface area contributed by atoms with E-state index in [0.29, 0.717) is 17.9 Å². The fraction of sp³-hybridized carbons (Fsp3) is 0.640. The molecule has 0 N–H and O–H groups in total. The SMILES string of the molecule is CC/C=C/C1CCC(C2CCC(CCc3cc(F)c(C#N)c(F)c3)CC2)CC1. The number of allylic oxidation sites excluding steroid dienone is 2. The van der Waals surface area contributed by atoms with Crippen molar-refractivity contribution in [2.45, 2.75) is 77.6 Å². The van der Waals surface area contributed by atoms with Gasteiger partial charge in [-0.1, -0.05) is 31.9 Å². The molecule has 2 fully saturated rings. The summed E-state index contributed by atoms with van der Waals surface area (Å²) in [7, 11) is 0. The Morgan fingerprint density at radius 3 is 2.07 bits per heavy atom. The Balaban J connectivity index is 1.41. The van der Waals surface area contributed by atoms with Crippen molar-refractivity contribution in [3.63, 3.8) is 0 Å². The number of hydrogen-bond donors (Lipinski definition) is 0. The van der Waals surface area contributed by atoms with Crippen molar-refractivity contribution in [1.82, 2.24) is 0 Å². The number of nitrogens with zero attached hydrogens (tertiary/aromatic N) is 1. The number of hydrogen-bond acceptors (Lipinski definition) is 1. The van der Waals surface area contributed by atoms with Crippen molar-refractivity contribution in [1.29, 1.82) is 5.26 Å². The molecule has 3 rings (SSSR count). The van der Waals surface area contributed by atoms with Crippen molar-refractivity contribution in [2.75, 3.05) is 0 Å². The molecule has 0 unspecified atom stereocenters. The zero-order chi connectivity index (χ0) is 19.9. The van der Waals surface area contributed by atoms with Crippen molar-refractivity contribution < 1.29 is 8.78 Å². The summed E-state index contributed by atoms with van der Waals surface area (Å²) in [4.78, 5) is 0. The van der Waals surface area contributed by atoms with Crippen LogP contribution in [0.2, 0.25) is 0 Å². The average Bonchev–Trinajstić information content (AvgIpc) is 2.71. The first-order chi connectivity index (χ1) is 13.6.